The molecule has 0 amide bonds. The number of benzene rings is 2. The van der Waals surface area contributed by atoms with E-state index in [1.165, 1.54) is 0 Å². The summed E-state index contributed by atoms with van der Waals surface area (Å²) in [6.45, 7) is 39.1. The number of fused-ring (bicyclic) bond motifs is 1. The van der Waals surface area contributed by atoms with E-state index in [1.54, 1.807) is 49.6 Å². The van der Waals surface area contributed by atoms with E-state index in [-0.39, 0.29) is 57.7 Å². The van der Waals surface area contributed by atoms with Gasteiger partial charge in [0.1, 0.15) is 36.6 Å². The monoisotopic (exact) mass is 1420 g/mol. The van der Waals surface area contributed by atoms with E-state index in [0.29, 0.717) is 63.7 Å². The highest BCUT2D eigenvalue weighted by Crippen LogP contribution is 2.55. The second-order valence-corrected chi connectivity index (χ2v) is 48.2. The van der Waals surface area contributed by atoms with Gasteiger partial charge in [0.2, 0.25) is 0 Å². The topological polar surface area (TPSA) is 182 Å². The first-order valence-electron chi connectivity index (χ1n) is 34.7. The third-order valence-electron chi connectivity index (χ3n) is 22.7. The normalized spacial score (nSPS) is 33.3. The Morgan fingerprint density at radius 2 is 1.40 bits per heavy atom. The molecule has 0 aliphatic carbocycles. The zero-order valence-electron chi connectivity index (χ0n) is 58.2. The summed E-state index contributed by atoms with van der Waals surface area (Å²) in [7, 11) is -9.25. The van der Waals surface area contributed by atoms with Crippen molar-refractivity contribution in [1.82, 2.24) is 0 Å². The van der Waals surface area contributed by atoms with Gasteiger partial charge in [0, 0.05) is 56.2 Å². The van der Waals surface area contributed by atoms with Crippen LogP contribution in [-0.2, 0) is 65.7 Å². The maximum absolute atomic E-state index is 16.0. The number of methoxy groups -OCH3 is 1. The molecule has 1 N–H and O–H groups in total. The minimum absolute atomic E-state index is 0.0199. The smallest absolute Gasteiger partial charge is 0.338 e. The minimum atomic E-state index is -4.38. The molecule has 8 aliphatic rings. The number of halogens is 1. The standard InChI is InChI=1S/C71H113BrO16SSi3/c1-18-49(82-68(74)47-29-24-22-25-30-47)38-48(72)42-71-43-59-63(86-71)64-65(85-59)66(87-71)62-55(84-64)35-34-51(81-62)39-54(73)67(89(75,76)53-32-26-23-27-33-53)60-57(41-56-46(6)45(5)37-50(80-56)31-28-36-78-92(19-2,20-3)21-4)83-58(61(60)77-13)40-52(88-91(16,17)70(10,11)12)44-79-90(14,15)69(7,8)9/h22-27,29-30,32-33,42,45,49-52,54-67,73H,6,18-21,28,31,34-41,43-44H2,1-5,7-17H3/t45-,49?,50+,51-,52+,54?,55+,56-,57+,58-,59-,60+,61+,62+,63+,64+,65-,66+,67?,71-/m1/s1. The summed E-state index contributed by atoms with van der Waals surface area (Å²) in [4.78, 5) is 13.2. The number of carbonyl (C=O) groups excluding carboxylic acids is 1. The van der Waals surface area contributed by atoms with E-state index in [1.807, 2.05) is 31.2 Å². The molecule has 0 spiro atoms. The highest BCUT2D eigenvalue weighted by molar-refractivity contribution is 9.11. The summed E-state index contributed by atoms with van der Waals surface area (Å²) < 4.78 is 116. The van der Waals surface area contributed by atoms with E-state index in [2.05, 4.69) is 118 Å². The van der Waals surface area contributed by atoms with Crippen LogP contribution in [0.25, 0.3) is 0 Å². The van der Waals surface area contributed by atoms with Crippen LogP contribution in [0.1, 0.15) is 157 Å². The van der Waals surface area contributed by atoms with Gasteiger partial charge in [-0.05, 0) is 135 Å². The molecule has 8 aliphatic heterocycles. The molecule has 16 nitrogen and oxygen atoms in total. The first-order chi connectivity index (χ1) is 43.3. The summed E-state index contributed by atoms with van der Waals surface area (Å²) in [5.74, 6) is -2.36. The van der Waals surface area contributed by atoms with Crippen LogP contribution < -0.4 is 0 Å². The quantitative estimate of drug-likeness (QED) is 0.0337. The zero-order chi connectivity index (χ0) is 66.9. The number of carbonyl (C=O) groups is 1. The Morgan fingerprint density at radius 3 is 2.03 bits per heavy atom. The van der Waals surface area contributed by atoms with Crippen molar-refractivity contribution < 1.29 is 74.2 Å². The summed E-state index contributed by atoms with van der Waals surface area (Å²) in [6, 6.07) is 20.7. The maximum Gasteiger partial charge on any atom is 0.338 e. The molecular weight excluding hydrogens is 1300 g/mol. The summed E-state index contributed by atoms with van der Waals surface area (Å²) in [5, 5.41) is 11.8. The third kappa shape index (κ3) is 16.5. The fraction of sp³-hybridized carbons (Fsp3) is 0.761. The van der Waals surface area contributed by atoms with Gasteiger partial charge >= 0.3 is 5.97 Å². The highest BCUT2D eigenvalue weighted by atomic mass is 79.9. The molecule has 518 valence electrons. The molecule has 2 aromatic carbocycles. The number of esters is 1. The van der Waals surface area contributed by atoms with Gasteiger partial charge in [-0.2, -0.15) is 0 Å². The molecule has 3 unspecified atom stereocenters. The lowest BCUT2D eigenvalue weighted by Crippen LogP contribution is -2.62. The number of hydrogen-bond donors (Lipinski definition) is 1. The van der Waals surface area contributed by atoms with Crippen molar-refractivity contribution >= 4 is 56.7 Å². The molecular formula is C71H113BrO16SSi3. The van der Waals surface area contributed by atoms with Gasteiger partial charge in [-0.15, -0.1) is 0 Å². The van der Waals surface area contributed by atoms with Crippen LogP contribution in [0.15, 0.2) is 88.3 Å². The molecule has 8 saturated heterocycles. The van der Waals surface area contributed by atoms with Gasteiger partial charge in [0.05, 0.1) is 83.4 Å². The van der Waals surface area contributed by atoms with Crippen molar-refractivity contribution in [2.75, 3.05) is 20.3 Å². The first kappa shape index (κ1) is 74.2. The molecule has 8 fully saturated rings. The van der Waals surface area contributed by atoms with E-state index >= 15 is 8.42 Å². The lowest BCUT2D eigenvalue weighted by molar-refractivity contribution is -0.280. The Kier molecular flexibility index (Phi) is 24.4. The number of rotatable bonds is 30. The van der Waals surface area contributed by atoms with Crippen LogP contribution >= 0.6 is 15.9 Å². The second-order valence-electron chi connectivity index (χ2n) is 30.7. The van der Waals surface area contributed by atoms with Crippen molar-refractivity contribution in [2.45, 2.75) is 315 Å². The third-order valence-corrected chi connectivity index (χ3v) is 39.2. The lowest BCUT2D eigenvalue weighted by atomic mass is 9.81. The Balaban J connectivity index is 1.02. The molecule has 0 aromatic heterocycles. The SMILES string of the molecule is C=C1[C@H](C)C[C@H](CCCO[Si](CC)(CC)CC)O[C@@H]1C[C@@H]1O[C@H](C[C@@H](CO[Si](C)(C)C(C)(C)C)O[Si](C)(C)C(C)(C)C)[C@H](OC)[C@H]1C(C(O)C[C@H]1CC[C@@H]2O[C@@H]3[C@H]4O[C@@H]5C[C@@](C=C(Br)CC(CC)OC(=O)c6ccccc6)(O[C@H]4[C@H]2O1)O[C@H]35)S(=O)(=O)c1ccccc1. The summed E-state index contributed by atoms with van der Waals surface area (Å²) in [5.41, 5.74) is 1.43. The zero-order valence-corrected chi connectivity index (χ0v) is 63.6. The fourth-order valence-corrected chi connectivity index (χ4v) is 22.8. The van der Waals surface area contributed by atoms with E-state index < -0.39 is 125 Å². The van der Waals surface area contributed by atoms with Crippen LogP contribution in [0.4, 0.5) is 0 Å². The molecule has 8 heterocycles. The average Bonchev–Trinajstić information content (AvgIpc) is 1.55. The van der Waals surface area contributed by atoms with Crippen molar-refractivity contribution in [2.24, 2.45) is 11.8 Å². The average molecular weight is 1420 g/mol. The molecule has 21 heteroatoms. The minimum Gasteiger partial charge on any atom is -0.458 e. The highest BCUT2D eigenvalue weighted by Gasteiger charge is 2.69. The lowest BCUT2D eigenvalue weighted by Gasteiger charge is -2.47. The number of aliphatic hydroxyl groups excluding tert-OH is 1. The van der Waals surface area contributed by atoms with Gasteiger partial charge < -0.3 is 61.0 Å². The summed E-state index contributed by atoms with van der Waals surface area (Å²) in [6.07, 6.45) is -1.29. The van der Waals surface area contributed by atoms with Crippen LogP contribution in [0, 0.1) is 11.8 Å². The molecule has 6 bridgehead atoms. The van der Waals surface area contributed by atoms with Crippen molar-refractivity contribution in [3.63, 3.8) is 0 Å². The van der Waals surface area contributed by atoms with Crippen molar-refractivity contribution in [3.8, 4) is 0 Å². The predicted octanol–water partition coefficient (Wildman–Crippen LogP) is 14.6. The van der Waals surface area contributed by atoms with Gasteiger partial charge in [0.15, 0.2) is 40.6 Å². The van der Waals surface area contributed by atoms with Gasteiger partial charge in [-0.3, -0.25) is 0 Å². The molecule has 20 atom stereocenters. The molecule has 2 aromatic rings. The van der Waals surface area contributed by atoms with Crippen molar-refractivity contribution in [1.29, 1.82) is 0 Å². The number of ether oxygens (including phenoxy) is 9. The molecule has 0 saturated carbocycles. The Hall–Kier alpha value is -2.01. The summed E-state index contributed by atoms with van der Waals surface area (Å²) >= 11 is 3.82. The molecule has 0 radical (unpaired) electrons. The van der Waals surface area contributed by atoms with Crippen LogP contribution in [0.3, 0.4) is 0 Å². The Bertz CT molecular complexity index is 2900. The fourth-order valence-electron chi connectivity index (χ4n) is 14.9. The molecule has 10 rings (SSSR count). The Labute approximate surface area is 563 Å². The number of sulfone groups is 1. The first-order valence-corrected chi connectivity index (χ1v) is 45.4. The second kappa shape index (κ2) is 30.2. The largest absolute Gasteiger partial charge is 0.458 e. The van der Waals surface area contributed by atoms with E-state index in [9.17, 15) is 9.90 Å². The molecule has 92 heavy (non-hydrogen) atoms. The van der Waals surface area contributed by atoms with E-state index in [4.69, 9.17) is 55.9 Å². The van der Waals surface area contributed by atoms with Gasteiger partial charge in [0.25, 0.3) is 0 Å². The predicted molar refractivity (Wildman–Crippen MR) is 369 cm³/mol. The van der Waals surface area contributed by atoms with Gasteiger partial charge in [-0.1, -0.05) is 135 Å². The van der Waals surface area contributed by atoms with Crippen LogP contribution in [0.5, 0.6) is 0 Å². The van der Waals surface area contributed by atoms with E-state index in [0.717, 1.165) is 47.5 Å². The van der Waals surface area contributed by atoms with Crippen LogP contribution in [-0.4, -0.2) is 173 Å². The van der Waals surface area contributed by atoms with Crippen LogP contribution in [0.2, 0.25) is 54.4 Å². The number of aliphatic hydroxyl groups is 1. The Morgan fingerprint density at radius 1 is 0.772 bits per heavy atom. The van der Waals surface area contributed by atoms with Crippen molar-refractivity contribution in [3.05, 3.63) is 88.9 Å². The van der Waals surface area contributed by atoms with Gasteiger partial charge in [-0.25, -0.2) is 13.2 Å². The number of hydrogen-bond acceptors (Lipinski definition) is 16. The maximum atomic E-state index is 16.0.